The predicted octanol–water partition coefficient (Wildman–Crippen LogP) is 10.2. The molecule has 2 aliphatic carbocycles. The molecule has 0 nitrogen and oxygen atoms in total. The number of hydrogen-bond donors (Lipinski definition) is 0. The summed E-state index contributed by atoms with van der Waals surface area (Å²) >= 11 is -4.67. The van der Waals surface area contributed by atoms with Crippen LogP contribution in [0.4, 0.5) is 0 Å². The molecule has 0 amide bonds. The molecule has 5 aromatic rings. The van der Waals surface area contributed by atoms with Gasteiger partial charge in [-0.05, 0) is 0 Å². The Bertz CT molecular complexity index is 1940. The van der Waals surface area contributed by atoms with Crippen molar-refractivity contribution in [3.63, 3.8) is 0 Å². The molecule has 0 spiro atoms. The van der Waals surface area contributed by atoms with Crippen LogP contribution in [0.2, 0.25) is 0 Å². The number of rotatable bonds is 4. The van der Waals surface area contributed by atoms with E-state index in [0.717, 1.165) is 0 Å². The minimum Gasteiger partial charge on any atom is -0.147 e. The second-order valence-corrected chi connectivity index (χ2v) is 38.6. The van der Waals surface area contributed by atoms with Crippen molar-refractivity contribution in [3.05, 3.63) is 160 Å². The van der Waals surface area contributed by atoms with Gasteiger partial charge >= 0.3 is 275 Å². The number of hydrogen-bond acceptors (Lipinski definition) is 0. The average molecular weight is 755 g/mol. The fourth-order valence-electron chi connectivity index (χ4n) is 8.92. The van der Waals surface area contributed by atoms with Crippen LogP contribution in [-0.4, -0.2) is 6.88 Å². The van der Waals surface area contributed by atoms with Crippen LogP contribution in [0.5, 0.6) is 0 Å². The van der Waals surface area contributed by atoms with E-state index in [1.807, 2.05) is 0 Å². The Balaban J connectivity index is 0.00000217. The van der Waals surface area contributed by atoms with E-state index < -0.39 is 17.4 Å². The first-order chi connectivity index (χ1) is 21.3. The first-order valence-corrected chi connectivity index (χ1v) is 27.8. The van der Waals surface area contributed by atoms with E-state index >= 15 is 0 Å². The third-order valence-electron chi connectivity index (χ3n) is 11.1. The number of halogens is 2. The first-order valence-electron chi connectivity index (χ1n) is 16.5. The molecule has 0 radical (unpaired) electrons. The summed E-state index contributed by atoms with van der Waals surface area (Å²) in [4.78, 5) is 0. The van der Waals surface area contributed by atoms with E-state index in [1.54, 1.807) is 6.54 Å². The van der Waals surface area contributed by atoms with Crippen molar-refractivity contribution < 1.29 is 17.4 Å². The molecule has 1 atom stereocenters. The molecule has 47 heavy (non-hydrogen) atoms. The molecule has 2 aliphatic rings. The summed E-state index contributed by atoms with van der Waals surface area (Å²) in [5.74, 6) is 0. The van der Waals surface area contributed by atoms with Gasteiger partial charge in [-0.2, -0.15) is 0 Å². The normalized spacial score (nSPS) is 15.9. The summed E-state index contributed by atoms with van der Waals surface area (Å²) in [6.07, 6.45) is 2.50. The second kappa shape index (κ2) is 12.4. The van der Waals surface area contributed by atoms with Gasteiger partial charge in [0.05, 0.1) is 0 Å². The zero-order valence-electron chi connectivity index (χ0n) is 28.8. The van der Waals surface area contributed by atoms with Crippen LogP contribution in [0.15, 0.2) is 127 Å². The zero-order chi connectivity index (χ0) is 31.8. The van der Waals surface area contributed by atoms with Gasteiger partial charge in [0.15, 0.2) is 0 Å². The number of allylic oxidation sites excluding steroid dienone is 1. The molecule has 0 N–H and O–H groups in total. The summed E-state index contributed by atoms with van der Waals surface area (Å²) < 4.78 is 3.77. The van der Waals surface area contributed by atoms with E-state index in [9.17, 15) is 0 Å². The molecular weight excluding hydrogens is 707 g/mol. The molecule has 7 rings (SSSR count). The van der Waals surface area contributed by atoms with Gasteiger partial charge < -0.3 is 0 Å². The molecular formula is C43H48Cl2SiZr. The molecule has 0 fully saturated rings. The van der Waals surface area contributed by atoms with E-state index in [-0.39, 0.29) is 39.3 Å². The molecule has 0 saturated carbocycles. The van der Waals surface area contributed by atoms with Crippen LogP contribution in [0.25, 0.3) is 17.2 Å². The molecule has 0 saturated heterocycles. The number of fused-ring (bicyclic) bond motifs is 4. The Morgan fingerprint density at radius 1 is 0.511 bits per heavy atom. The third-order valence-corrected chi connectivity index (χ3v) is 39.0. The topological polar surface area (TPSA) is 0 Å². The summed E-state index contributed by atoms with van der Waals surface area (Å²) in [6, 6.07) is 47.8. The monoisotopic (exact) mass is 752 g/mol. The average Bonchev–Trinajstić information content (AvgIpc) is 3.55. The minimum atomic E-state index is -4.67. The van der Waals surface area contributed by atoms with Gasteiger partial charge in [-0.25, -0.2) is 0 Å². The smallest absolute Gasteiger partial charge is 0.147 e. The summed E-state index contributed by atoms with van der Waals surface area (Å²) in [6.45, 7) is 19.0. The minimum absolute atomic E-state index is 0. The molecule has 0 aliphatic heterocycles. The summed E-state index contributed by atoms with van der Waals surface area (Å²) in [5, 5.41) is 0. The van der Waals surface area contributed by atoms with Crippen molar-refractivity contribution >= 4 is 44.3 Å². The zero-order valence-corrected chi connectivity index (χ0v) is 34.3. The first kappa shape index (κ1) is 35.8. The van der Waals surface area contributed by atoms with E-state index in [0.29, 0.717) is 3.63 Å². The largest absolute Gasteiger partial charge is 0.147 e. The number of benzene rings is 5. The fraction of sp³-hybridized carbons (Fsp3) is 0.256. The molecule has 0 aromatic heterocycles. The van der Waals surface area contributed by atoms with Crippen molar-refractivity contribution in [1.82, 2.24) is 0 Å². The van der Waals surface area contributed by atoms with Gasteiger partial charge in [0.25, 0.3) is 0 Å². The van der Waals surface area contributed by atoms with Crippen molar-refractivity contribution in [2.75, 3.05) is 0 Å². The van der Waals surface area contributed by atoms with Crippen LogP contribution in [-0.2, 0) is 28.2 Å². The summed E-state index contributed by atoms with van der Waals surface area (Å²) in [7, 11) is 0. The van der Waals surface area contributed by atoms with Gasteiger partial charge in [0.2, 0.25) is 0 Å². The van der Waals surface area contributed by atoms with Crippen molar-refractivity contribution in [2.24, 2.45) is 0 Å². The maximum Gasteiger partial charge on any atom is -0.147 e. The molecule has 0 heterocycles. The van der Waals surface area contributed by atoms with Gasteiger partial charge in [0, 0.05) is 0 Å². The Labute approximate surface area is 297 Å². The van der Waals surface area contributed by atoms with Crippen LogP contribution in [0.3, 0.4) is 0 Å². The van der Waals surface area contributed by atoms with Gasteiger partial charge in [-0.1, -0.05) is 0 Å². The molecule has 4 heteroatoms. The van der Waals surface area contributed by atoms with Crippen LogP contribution in [0.1, 0.15) is 89.1 Å². The van der Waals surface area contributed by atoms with E-state index in [2.05, 4.69) is 183 Å². The van der Waals surface area contributed by atoms with Crippen molar-refractivity contribution in [2.45, 2.75) is 66.5 Å². The van der Waals surface area contributed by atoms with Gasteiger partial charge in [0.1, 0.15) is 0 Å². The van der Waals surface area contributed by atoms with Crippen LogP contribution < -0.4 is 6.54 Å². The van der Waals surface area contributed by atoms with Crippen LogP contribution >= 0.6 is 24.8 Å². The Morgan fingerprint density at radius 3 is 1.38 bits per heavy atom. The Kier molecular flexibility index (Phi) is 9.48. The Morgan fingerprint density at radius 2 is 0.936 bits per heavy atom. The van der Waals surface area contributed by atoms with Crippen LogP contribution in [0, 0.1) is 0 Å². The molecule has 0 bridgehead atoms. The Hall–Kier alpha value is -2.48. The predicted molar refractivity (Wildman–Crippen MR) is 209 cm³/mol. The third kappa shape index (κ3) is 5.34. The van der Waals surface area contributed by atoms with Gasteiger partial charge in [-0.15, -0.1) is 24.8 Å². The van der Waals surface area contributed by atoms with E-state index in [4.69, 9.17) is 0 Å². The maximum absolute atomic E-state index is 4.67. The van der Waals surface area contributed by atoms with Gasteiger partial charge in [-0.3, -0.25) is 0 Å². The summed E-state index contributed by atoms with van der Waals surface area (Å²) in [5.41, 5.74) is 13.3. The quantitative estimate of drug-likeness (QED) is 0.160. The van der Waals surface area contributed by atoms with Crippen molar-refractivity contribution in [3.8, 4) is 11.1 Å². The molecule has 5 aromatic carbocycles. The second-order valence-electron chi connectivity index (χ2n) is 15.9. The SMILES string of the molecule is CC1=Cc2ccccc2[CH]1[Zr](=[SiH2])([c]1ccccc1)([c]1ccccc1)[CH]1c2cc(C(C)(C)C)ccc2-c2ccc(C(C)(C)C)cc21.Cl.Cl. The standard InChI is InChI=1S/C21H25.C10H9.2C6H5.2ClH.H2Si.Zr/c1-20(2,3)16-7-9-18-14(12-16)11-15-13-17(21(4,5)6)8-10-19(15)18;1-8-6-9-4-2-3-5-10(9)7-8;2*1-2-4-6-5-3-1;;;;/h7-13H,1-6H3;2-7H,1H3;2*1-5H;2*1H;1H2;. The molecule has 1 unspecified atom stereocenters. The molecule has 242 valence electrons. The van der Waals surface area contributed by atoms with Crippen molar-refractivity contribution in [1.29, 1.82) is 0 Å². The van der Waals surface area contributed by atoms with E-state index in [1.165, 1.54) is 50.1 Å². The fourth-order valence-corrected chi connectivity index (χ4v) is 37.1. The maximum atomic E-state index is 2.61.